The molecule has 0 aromatic heterocycles. The molecule has 1 heterocycles. The predicted octanol–water partition coefficient (Wildman–Crippen LogP) is 1.64. The topological polar surface area (TPSA) is 3.24 Å². The van der Waals surface area contributed by atoms with Gasteiger partial charge in [0.1, 0.15) is 0 Å². The Morgan fingerprint density at radius 3 is 2.33 bits per heavy atom. The highest BCUT2D eigenvalue weighted by molar-refractivity contribution is 4.68. The Kier molecular flexibility index (Phi) is 3.78. The van der Waals surface area contributed by atoms with Crippen molar-refractivity contribution in [3.05, 3.63) is 0 Å². The molecule has 1 fully saturated rings. The first-order valence-corrected chi connectivity index (χ1v) is 3.51. The minimum atomic E-state index is 0. The zero-order valence-corrected chi connectivity index (χ0v) is 6.26. The van der Waals surface area contributed by atoms with E-state index in [1.54, 1.807) is 0 Å². The fourth-order valence-corrected chi connectivity index (χ4v) is 1.24. The third-order valence-electron chi connectivity index (χ3n) is 2.14. The Morgan fingerprint density at radius 1 is 1.33 bits per heavy atom. The Labute approximate surface area is 56.4 Å². The first-order chi connectivity index (χ1) is 3.80. The highest BCUT2D eigenvalue weighted by Crippen LogP contribution is 2.13. The van der Waals surface area contributed by atoms with E-state index in [1.807, 2.05) is 0 Å². The Bertz CT molecular complexity index is 65.3. The molecule has 1 aliphatic rings. The average molecular weight is 133 g/mol. The molecule has 1 nitrogen and oxygen atoms in total. The van der Waals surface area contributed by atoms with Crippen molar-refractivity contribution in [1.29, 1.82) is 0 Å². The summed E-state index contributed by atoms with van der Waals surface area (Å²) in [5.74, 6) is 0. The number of hydrogen-bond acceptors (Lipinski definition) is 1. The van der Waals surface area contributed by atoms with Crippen molar-refractivity contribution in [3.8, 4) is 0 Å². The second-order valence-corrected chi connectivity index (χ2v) is 2.83. The van der Waals surface area contributed by atoms with E-state index in [0.717, 1.165) is 6.04 Å². The van der Waals surface area contributed by atoms with E-state index in [2.05, 4.69) is 18.9 Å². The van der Waals surface area contributed by atoms with E-state index in [9.17, 15) is 0 Å². The van der Waals surface area contributed by atoms with Crippen molar-refractivity contribution in [1.82, 2.24) is 4.90 Å². The van der Waals surface area contributed by atoms with Crippen LogP contribution in [0.15, 0.2) is 0 Å². The number of hydrogen-bond donors (Lipinski definition) is 0. The first kappa shape index (κ1) is 8.89. The van der Waals surface area contributed by atoms with Crippen LogP contribution in [0.1, 0.15) is 26.2 Å². The van der Waals surface area contributed by atoms with Gasteiger partial charge in [0.05, 0.1) is 0 Å². The molecular weight excluding hydrogens is 117 g/mol. The SMILES string of the molecule is CC1CCCCN1C.F. The van der Waals surface area contributed by atoms with Crippen molar-refractivity contribution in [2.24, 2.45) is 0 Å². The Balaban J connectivity index is 0.000000640. The van der Waals surface area contributed by atoms with Gasteiger partial charge in [-0.3, -0.25) is 4.70 Å². The quantitative estimate of drug-likeness (QED) is 0.485. The van der Waals surface area contributed by atoms with Gasteiger partial charge in [-0.1, -0.05) is 6.42 Å². The maximum absolute atomic E-state index is 2.43. The van der Waals surface area contributed by atoms with Crippen LogP contribution in [-0.2, 0) is 0 Å². The van der Waals surface area contributed by atoms with Crippen LogP contribution in [0, 0.1) is 0 Å². The van der Waals surface area contributed by atoms with Crippen molar-refractivity contribution in [3.63, 3.8) is 0 Å². The number of nitrogens with zero attached hydrogens (tertiary/aromatic N) is 1. The van der Waals surface area contributed by atoms with E-state index < -0.39 is 0 Å². The van der Waals surface area contributed by atoms with Gasteiger partial charge in [0, 0.05) is 6.04 Å². The second kappa shape index (κ2) is 3.83. The molecule has 1 saturated heterocycles. The van der Waals surface area contributed by atoms with Gasteiger partial charge >= 0.3 is 0 Å². The Morgan fingerprint density at radius 2 is 2.00 bits per heavy atom. The molecule has 0 aromatic rings. The summed E-state index contributed by atoms with van der Waals surface area (Å²) in [6.45, 7) is 3.61. The smallest absolute Gasteiger partial charge is 0.00638 e. The summed E-state index contributed by atoms with van der Waals surface area (Å²) in [6, 6.07) is 0.837. The van der Waals surface area contributed by atoms with Crippen LogP contribution in [0.5, 0.6) is 0 Å². The van der Waals surface area contributed by atoms with Crippen molar-refractivity contribution in [2.75, 3.05) is 13.6 Å². The van der Waals surface area contributed by atoms with E-state index in [0.29, 0.717) is 0 Å². The second-order valence-electron chi connectivity index (χ2n) is 2.83. The maximum atomic E-state index is 2.43. The van der Waals surface area contributed by atoms with Gasteiger partial charge in [0.15, 0.2) is 0 Å². The molecular formula is C7H16FN. The molecule has 1 unspecified atom stereocenters. The highest BCUT2D eigenvalue weighted by atomic mass is 19.0. The molecule has 0 radical (unpaired) electrons. The average Bonchev–Trinajstić information content (AvgIpc) is 1.77. The normalized spacial score (nSPS) is 29.3. The molecule has 9 heavy (non-hydrogen) atoms. The molecule has 0 amide bonds. The minimum Gasteiger partial charge on any atom is -0.304 e. The lowest BCUT2D eigenvalue weighted by atomic mass is 10.1. The van der Waals surface area contributed by atoms with Crippen molar-refractivity contribution >= 4 is 0 Å². The standard InChI is InChI=1S/C7H15N.FH/c1-7-5-3-4-6-8(7)2;/h7H,3-6H2,1-2H3;1H. The molecule has 0 spiro atoms. The molecule has 0 bridgehead atoms. The van der Waals surface area contributed by atoms with Gasteiger partial charge in [-0.25, -0.2) is 0 Å². The molecule has 1 aliphatic heterocycles. The van der Waals surface area contributed by atoms with E-state index in [4.69, 9.17) is 0 Å². The van der Waals surface area contributed by atoms with Crippen LogP contribution in [0.25, 0.3) is 0 Å². The number of halogens is 1. The lowest BCUT2D eigenvalue weighted by Gasteiger charge is -2.29. The van der Waals surface area contributed by atoms with Gasteiger partial charge < -0.3 is 4.90 Å². The number of rotatable bonds is 0. The maximum Gasteiger partial charge on any atom is 0.00638 e. The van der Waals surface area contributed by atoms with Crippen molar-refractivity contribution < 1.29 is 4.70 Å². The van der Waals surface area contributed by atoms with Crippen LogP contribution in [-0.4, -0.2) is 24.5 Å². The summed E-state index contributed by atoms with van der Waals surface area (Å²) in [4.78, 5) is 2.43. The molecule has 0 N–H and O–H groups in total. The zero-order chi connectivity index (χ0) is 5.98. The largest absolute Gasteiger partial charge is 0.304 e. The first-order valence-electron chi connectivity index (χ1n) is 3.51. The fourth-order valence-electron chi connectivity index (χ4n) is 1.24. The van der Waals surface area contributed by atoms with Gasteiger partial charge in [-0.2, -0.15) is 0 Å². The third-order valence-corrected chi connectivity index (χ3v) is 2.14. The summed E-state index contributed by atoms with van der Waals surface area (Å²) in [7, 11) is 2.21. The summed E-state index contributed by atoms with van der Waals surface area (Å²) in [5.41, 5.74) is 0. The van der Waals surface area contributed by atoms with Gasteiger partial charge in [-0.05, 0) is 33.4 Å². The zero-order valence-electron chi connectivity index (χ0n) is 6.26. The molecule has 0 aliphatic carbocycles. The molecule has 56 valence electrons. The predicted molar refractivity (Wildman–Crippen MR) is 38.4 cm³/mol. The Hall–Kier alpha value is -0.110. The molecule has 1 rings (SSSR count). The summed E-state index contributed by atoms with van der Waals surface area (Å²) >= 11 is 0. The lowest BCUT2D eigenvalue weighted by Crippen LogP contribution is -2.33. The van der Waals surface area contributed by atoms with Crippen LogP contribution in [0.2, 0.25) is 0 Å². The molecule has 0 aromatic carbocycles. The van der Waals surface area contributed by atoms with E-state index in [1.165, 1.54) is 25.8 Å². The third kappa shape index (κ3) is 2.31. The van der Waals surface area contributed by atoms with E-state index >= 15 is 0 Å². The van der Waals surface area contributed by atoms with Gasteiger partial charge in [-0.15, -0.1) is 0 Å². The van der Waals surface area contributed by atoms with Crippen molar-refractivity contribution in [2.45, 2.75) is 32.2 Å². The summed E-state index contributed by atoms with van der Waals surface area (Å²) in [5, 5.41) is 0. The van der Waals surface area contributed by atoms with Crippen LogP contribution in [0.3, 0.4) is 0 Å². The minimum absolute atomic E-state index is 0. The summed E-state index contributed by atoms with van der Waals surface area (Å²) in [6.07, 6.45) is 4.24. The lowest BCUT2D eigenvalue weighted by molar-refractivity contribution is 0.200. The van der Waals surface area contributed by atoms with E-state index in [-0.39, 0.29) is 4.70 Å². The van der Waals surface area contributed by atoms with Gasteiger partial charge in [0.25, 0.3) is 0 Å². The summed E-state index contributed by atoms with van der Waals surface area (Å²) < 4.78 is 0. The fraction of sp³-hybridized carbons (Fsp3) is 1.00. The molecule has 1 atom stereocenters. The molecule has 2 heteroatoms. The molecule has 0 saturated carbocycles. The number of piperidine rings is 1. The monoisotopic (exact) mass is 133 g/mol. The van der Waals surface area contributed by atoms with Crippen LogP contribution in [0.4, 0.5) is 4.70 Å². The highest BCUT2D eigenvalue weighted by Gasteiger charge is 2.12. The van der Waals surface area contributed by atoms with Crippen LogP contribution < -0.4 is 0 Å². The van der Waals surface area contributed by atoms with Crippen LogP contribution >= 0.6 is 0 Å². The number of likely N-dealkylation sites (tertiary alicyclic amines) is 1. The van der Waals surface area contributed by atoms with Gasteiger partial charge in [0.2, 0.25) is 0 Å².